The van der Waals surface area contributed by atoms with Crippen molar-refractivity contribution in [1.29, 1.82) is 0 Å². The lowest BCUT2D eigenvalue weighted by molar-refractivity contribution is -0.143. The number of amides is 2. The maximum atomic E-state index is 13.5. The Labute approximate surface area is 202 Å². The number of hydrogen-bond acceptors (Lipinski definition) is 4. The number of ether oxygens (including phenoxy) is 1. The van der Waals surface area contributed by atoms with Crippen molar-refractivity contribution in [3.63, 3.8) is 0 Å². The second kappa shape index (κ2) is 10.2. The summed E-state index contributed by atoms with van der Waals surface area (Å²) in [5.74, 6) is -0.596. The maximum Gasteiger partial charge on any atom is 0.416 e. The molecule has 36 heavy (non-hydrogen) atoms. The SMILES string of the molecule is CN(C)CCN1C(=O)NC(COCc2cc(C(F)(F)F)cc(C(F)(F)F)c2)(c2ccc(F)cc2)C1O. The van der Waals surface area contributed by atoms with Crippen molar-refractivity contribution in [2.75, 3.05) is 33.8 Å². The Balaban J connectivity index is 1.89. The molecule has 6 nitrogen and oxygen atoms in total. The fourth-order valence-corrected chi connectivity index (χ4v) is 3.83. The molecule has 1 heterocycles. The number of aliphatic hydroxyl groups excluding tert-OH is 1. The van der Waals surface area contributed by atoms with Crippen molar-refractivity contribution in [2.45, 2.75) is 30.7 Å². The molecule has 3 rings (SSSR count). The fraction of sp³-hybridized carbons (Fsp3) is 0.435. The number of carbonyl (C=O) groups excluding carboxylic acids is 1. The molecule has 0 bridgehead atoms. The van der Waals surface area contributed by atoms with Crippen molar-refractivity contribution in [3.05, 3.63) is 70.5 Å². The molecule has 2 aromatic rings. The second-order valence-electron chi connectivity index (χ2n) is 8.69. The van der Waals surface area contributed by atoms with Gasteiger partial charge in [-0.25, -0.2) is 9.18 Å². The third kappa shape index (κ3) is 6.08. The molecule has 0 aliphatic carbocycles. The van der Waals surface area contributed by atoms with E-state index in [4.69, 9.17) is 4.74 Å². The molecular weight excluding hydrogens is 499 g/mol. The van der Waals surface area contributed by atoms with E-state index in [1.807, 2.05) is 0 Å². The van der Waals surface area contributed by atoms with Gasteiger partial charge in [-0.15, -0.1) is 0 Å². The number of aliphatic hydroxyl groups is 1. The summed E-state index contributed by atoms with van der Waals surface area (Å²) < 4.78 is 97.9. The molecule has 13 heteroatoms. The normalized spacial score (nSPS) is 20.8. The zero-order chi connectivity index (χ0) is 26.9. The number of nitrogens with one attached hydrogen (secondary N) is 1. The standard InChI is InChI=1S/C23H24F7N3O3/c1-32(2)7-8-33-19(34)21(31-20(33)35,15-3-5-18(24)6-4-15)13-36-12-14-9-16(22(25,26)27)11-17(10-14)23(28,29)30/h3-6,9-11,19,34H,7-8,12-13H2,1-2H3,(H,31,35). The third-order valence-corrected chi connectivity index (χ3v) is 5.72. The first-order valence-electron chi connectivity index (χ1n) is 10.7. The summed E-state index contributed by atoms with van der Waals surface area (Å²) in [6.07, 6.45) is -11.6. The molecule has 0 saturated carbocycles. The predicted octanol–water partition coefficient (Wildman–Crippen LogP) is 4.18. The molecule has 2 atom stereocenters. The number of likely N-dealkylation sites (N-methyl/N-ethyl adjacent to an activating group) is 1. The van der Waals surface area contributed by atoms with Gasteiger partial charge in [-0.3, -0.25) is 4.90 Å². The van der Waals surface area contributed by atoms with Crippen LogP contribution in [0.4, 0.5) is 35.5 Å². The summed E-state index contributed by atoms with van der Waals surface area (Å²) in [5.41, 5.74) is -4.82. The molecule has 198 valence electrons. The smallest absolute Gasteiger partial charge is 0.374 e. The van der Waals surface area contributed by atoms with E-state index in [0.29, 0.717) is 18.7 Å². The highest BCUT2D eigenvalue weighted by atomic mass is 19.4. The van der Waals surface area contributed by atoms with Crippen molar-refractivity contribution < 1.29 is 45.4 Å². The van der Waals surface area contributed by atoms with E-state index in [9.17, 15) is 40.6 Å². The van der Waals surface area contributed by atoms with Crippen LogP contribution in [0.2, 0.25) is 0 Å². The van der Waals surface area contributed by atoms with E-state index in [-0.39, 0.29) is 18.2 Å². The van der Waals surface area contributed by atoms with Crippen molar-refractivity contribution in [3.8, 4) is 0 Å². The Kier molecular flexibility index (Phi) is 7.86. The minimum absolute atomic E-state index is 0.00702. The van der Waals surface area contributed by atoms with E-state index in [0.717, 1.165) is 17.0 Å². The molecule has 1 aliphatic heterocycles. The van der Waals surface area contributed by atoms with Crippen LogP contribution in [0.3, 0.4) is 0 Å². The number of carbonyl (C=O) groups is 1. The highest BCUT2D eigenvalue weighted by molar-refractivity contribution is 5.79. The molecule has 2 unspecified atom stereocenters. The molecule has 1 aliphatic rings. The first-order valence-corrected chi connectivity index (χ1v) is 10.7. The maximum absolute atomic E-state index is 13.5. The molecule has 2 aromatic carbocycles. The van der Waals surface area contributed by atoms with Gasteiger partial charge in [0, 0.05) is 13.1 Å². The predicted molar refractivity (Wildman–Crippen MR) is 114 cm³/mol. The van der Waals surface area contributed by atoms with Gasteiger partial charge in [-0.1, -0.05) is 12.1 Å². The van der Waals surface area contributed by atoms with Crippen LogP contribution in [0.5, 0.6) is 0 Å². The summed E-state index contributed by atoms with van der Waals surface area (Å²) in [5, 5.41) is 13.7. The fourth-order valence-electron chi connectivity index (χ4n) is 3.83. The number of benzene rings is 2. The van der Waals surface area contributed by atoms with Crippen LogP contribution < -0.4 is 5.32 Å². The quantitative estimate of drug-likeness (QED) is 0.510. The number of urea groups is 1. The van der Waals surface area contributed by atoms with Gasteiger partial charge in [0.25, 0.3) is 0 Å². The van der Waals surface area contributed by atoms with Gasteiger partial charge in [0.1, 0.15) is 11.4 Å². The Morgan fingerprint density at radius 1 is 1.03 bits per heavy atom. The van der Waals surface area contributed by atoms with Crippen LogP contribution in [0.15, 0.2) is 42.5 Å². The zero-order valence-corrected chi connectivity index (χ0v) is 19.3. The highest BCUT2D eigenvalue weighted by Crippen LogP contribution is 2.37. The monoisotopic (exact) mass is 523 g/mol. The number of halogens is 7. The minimum atomic E-state index is -5.02. The van der Waals surface area contributed by atoms with Crippen LogP contribution in [-0.2, 0) is 29.2 Å². The minimum Gasteiger partial charge on any atom is -0.374 e. The van der Waals surface area contributed by atoms with Gasteiger partial charge < -0.3 is 20.1 Å². The number of nitrogens with zero attached hydrogens (tertiary/aromatic N) is 2. The molecular formula is C23H24F7N3O3. The Morgan fingerprint density at radius 2 is 1.58 bits per heavy atom. The Morgan fingerprint density at radius 3 is 2.08 bits per heavy atom. The highest BCUT2D eigenvalue weighted by Gasteiger charge is 2.52. The van der Waals surface area contributed by atoms with E-state index >= 15 is 0 Å². The molecule has 0 radical (unpaired) electrons. The topological polar surface area (TPSA) is 65.0 Å². The molecule has 0 aromatic heterocycles. The van der Waals surface area contributed by atoms with Crippen molar-refractivity contribution in [1.82, 2.24) is 15.1 Å². The summed E-state index contributed by atoms with van der Waals surface area (Å²) in [6, 6.07) is 5.16. The molecule has 1 saturated heterocycles. The van der Waals surface area contributed by atoms with E-state index in [1.165, 1.54) is 12.1 Å². The lowest BCUT2D eigenvalue weighted by atomic mass is 9.89. The summed E-state index contributed by atoms with van der Waals surface area (Å²) in [7, 11) is 3.50. The molecule has 2 amide bonds. The van der Waals surface area contributed by atoms with Gasteiger partial charge in [0.15, 0.2) is 6.23 Å². The molecule has 1 fully saturated rings. The van der Waals surface area contributed by atoms with Crippen LogP contribution in [0.25, 0.3) is 0 Å². The van der Waals surface area contributed by atoms with Crippen molar-refractivity contribution >= 4 is 6.03 Å². The summed E-state index contributed by atoms with van der Waals surface area (Å²) in [6.45, 7) is -0.724. The number of rotatable bonds is 8. The Bertz CT molecular complexity index is 1040. The third-order valence-electron chi connectivity index (χ3n) is 5.72. The van der Waals surface area contributed by atoms with E-state index < -0.39 is 65.9 Å². The van der Waals surface area contributed by atoms with Gasteiger partial charge >= 0.3 is 18.4 Å². The second-order valence-corrected chi connectivity index (χ2v) is 8.69. The summed E-state index contributed by atoms with van der Waals surface area (Å²) in [4.78, 5) is 15.5. The van der Waals surface area contributed by atoms with Crippen LogP contribution in [0.1, 0.15) is 22.3 Å². The van der Waals surface area contributed by atoms with Gasteiger partial charge in [-0.05, 0) is 55.6 Å². The first-order chi connectivity index (χ1) is 16.6. The van der Waals surface area contributed by atoms with E-state index in [1.54, 1.807) is 19.0 Å². The number of alkyl halides is 6. The van der Waals surface area contributed by atoms with Crippen LogP contribution in [0, 0.1) is 5.82 Å². The largest absolute Gasteiger partial charge is 0.416 e. The Hall–Kier alpha value is -2.90. The average molecular weight is 523 g/mol. The summed E-state index contributed by atoms with van der Waals surface area (Å²) >= 11 is 0. The lowest BCUT2D eigenvalue weighted by Crippen LogP contribution is -2.51. The van der Waals surface area contributed by atoms with Crippen LogP contribution in [-0.4, -0.2) is 61.0 Å². The number of hydrogen-bond donors (Lipinski definition) is 2. The van der Waals surface area contributed by atoms with Crippen molar-refractivity contribution in [2.24, 2.45) is 0 Å². The average Bonchev–Trinajstić information content (AvgIpc) is 3.01. The zero-order valence-electron chi connectivity index (χ0n) is 19.3. The van der Waals surface area contributed by atoms with Gasteiger partial charge in [-0.2, -0.15) is 26.3 Å². The van der Waals surface area contributed by atoms with Gasteiger partial charge in [0.05, 0.1) is 24.3 Å². The first kappa shape index (κ1) is 27.7. The van der Waals surface area contributed by atoms with Crippen LogP contribution >= 0.6 is 0 Å². The van der Waals surface area contributed by atoms with E-state index in [2.05, 4.69) is 5.32 Å². The molecule has 0 spiro atoms. The lowest BCUT2D eigenvalue weighted by Gasteiger charge is -2.34. The van der Waals surface area contributed by atoms with Gasteiger partial charge in [0.2, 0.25) is 0 Å². The molecule has 2 N–H and O–H groups in total.